The molecule has 152 valence electrons. The number of fused-ring (bicyclic) bond motifs is 1. The zero-order valence-corrected chi connectivity index (χ0v) is 17.4. The highest BCUT2D eigenvalue weighted by Gasteiger charge is 2.22. The predicted octanol–water partition coefficient (Wildman–Crippen LogP) is 4.56. The van der Waals surface area contributed by atoms with Gasteiger partial charge in [-0.1, -0.05) is 66.7 Å². The van der Waals surface area contributed by atoms with Crippen LogP contribution in [0.2, 0.25) is 0 Å². The first-order valence-corrected chi connectivity index (χ1v) is 11.3. The van der Waals surface area contributed by atoms with Crippen molar-refractivity contribution in [1.82, 2.24) is 4.57 Å². The summed E-state index contributed by atoms with van der Waals surface area (Å²) < 4.78 is 28.0. The van der Waals surface area contributed by atoms with Crippen molar-refractivity contribution < 1.29 is 13.2 Å². The second-order valence-corrected chi connectivity index (χ2v) is 9.20. The normalized spacial score (nSPS) is 11.5. The molecule has 0 saturated heterocycles. The molecule has 0 saturated carbocycles. The van der Waals surface area contributed by atoms with Gasteiger partial charge in [0.2, 0.25) is 5.91 Å². The van der Waals surface area contributed by atoms with Crippen LogP contribution in [0.3, 0.4) is 0 Å². The second kappa shape index (κ2) is 8.16. The van der Waals surface area contributed by atoms with E-state index in [0.29, 0.717) is 10.9 Å². The molecule has 0 aliphatic carbocycles. The first kappa shape index (κ1) is 19.9. The van der Waals surface area contributed by atoms with E-state index in [0.717, 1.165) is 16.8 Å². The van der Waals surface area contributed by atoms with E-state index in [2.05, 4.69) is 5.32 Å². The average molecular weight is 419 g/mol. The molecule has 30 heavy (non-hydrogen) atoms. The van der Waals surface area contributed by atoms with Crippen LogP contribution in [-0.4, -0.2) is 18.9 Å². The van der Waals surface area contributed by atoms with Crippen LogP contribution in [0, 0.1) is 6.92 Å². The van der Waals surface area contributed by atoms with Crippen molar-refractivity contribution in [3.05, 3.63) is 96.2 Å². The van der Waals surface area contributed by atoms with Crippen LogP contribution in [0.1, 0.15) is 11.1 Å². The van der Waals surface area contributed by atoms with Gasteiger partial charge in [0.25, 0.3) is 0 Å². The molecule has 0 atom stereocenters. The molecule has 1 N–H and O–H groups in total. The molecule has 1 amide bonds. The molecule has 3 aromatic carbocycles. The Balaban J connectivity index is 1.65. The maximum absolute atomic E-state index is 13.1. The minimum Gasteiger partial charge on any atom is -0.337 e. The molecule has 6 heteroatoms. The highest BCUT2D eigenvalue weighted by atomic mass is 32.2. The number of carbonyl (C=O) groups is 1. The molecule has 0 radical (unpaired) electrons. The topological polar surface area (TPSA) is 68.2 Å². The van der Waals surface area contributed by atoms with Crippen LogP contribution >= 0.6 is 0 Å². The van der Waals surface area contributed by atoms with Gasteiger partial charge in [0.1, 0.15) is 6.54 Å². The number of carbonyl (C=O) groups excluding carboxylic acids is 1. The lowest BCUT2D eigenvalue weighted by atomic mass is 10.2. The van der Waals surface area contributed by atoms with Crippen molar-refractivity contribution in [2.75, 3.05) is 5.32 Å². The van der Waals surface area contributed by atoms with Crippen molar-refractivity contribution in [1.29, 1.82) is 0 Å². The zero-order valence-electron chi connectivity index (χ0n) is 16.6. The number of nitrogens with zero attached hydrogens (tertiary/aromatic N) is 1. The van der Waals surface area contributed by atoms with Gasteiger partial charge in [0.05, 0.1) is 10.6 Å². The Kier molecular flexibility index (Phi) is 5.42. The van der Waals surface area contributed by atoms with Gasteiger partial charge in [0.15, 0.2) is 9.84 Å². The summed E-state index contributed by atoms with van der Waals surface area (Å²) in [6.07, 6.45) is 1.57. The molecule has 1 aromatic heterocycles. The van der Waals surface area contributed by atoms with Crippen LogP contribution in [0.5, 0.6) is 0 Å². The standard InChI is InChI=1S/C24H22N2O3S/c1-18-9-5-7-13-21(18)25-24(27)16-26-15-23(20-12-6-8-14-22(20)26)30(28,29)17-19-10-3-2-4-11-19/h2-15H,16-17H2,1H3,(H,25,27). The largest absolute Gasteiger partial charge is 0.337 e. The van der Waals surface area contributed by atoms with E-state index in [9.17, 15) is 13.2 Å². The number of anilines is 1. The Labute approximate surface area is 175 Å². The SMILES string of the molecule is Cc1ccccc1NC(=O)Cn1cc(S(=O)(=O)Cc2ccccc2)c2ccccc21. The maximum atomic E-state index is 13.1. The molecule has 0 bridgehead atoms. The molecule has 5 nitrogen and oxygen atoms in total. The monoisotopic (exact) mass is 418 g/mol. The van der Waals surface area contributed by atoms with Crippen molar-refractivity contribution in [2.45, 2.75) is 24.1 Å². The summed E-state index contributed by atoms with van der Waals surface area (Å²) in [5, 5.41) is 3.52. The summed E-state index contributed by atoms with van der Waals surface area (Å²) in [7, 11) is -3.57. The molecule has 0 fully saturated rings. The van der Waals surface area contributed by atoms with Gasteiger partial charge >= 0.3 is 0 Å². The predicted molar refractivity (Wildman–Crippen MR) is 119 cm³/mol. The van der Waals surface area contributed by atoms with Crippen LogP contribution in [0.15, 0.2) is 90.0 Å². The quantitative estimate of drug-likeness (QED) is 0.499. The van der Waals surface area contributed by atoms with Crippen LogP contribution in [0.4, 0.5) is 5.69 Å². The van der Waals surface area contributed by atoms with E-state index < -0.39 is 9.84 Å². The lowest BCUT2D eigenvalue weighted by Crippen LogP contribution is -2.18. The third kappa shape index (κ3) is 4.14. The number of aromatic nitrogens is 1. The Hall–Kier alpha value is -3.38. The summed E-state index contributed by atoms with van der Waals surface area (Å²) in [5.74, 6) is -0.297. The van der Waals surface area contributed by atoms with Crippen LogP contribution in [-0.2, 0) is 26.9 Å². The molecule has 4 rings (SSSR count). The lowest BCUT2D eigenvalue weighted by Gasteiger charge is -2.09. The smallest absolute Gasteiger partial charge is 0.244 e. The maximum Gasteiger partial charge on any atom is 0.244 e. The number of hydrogen-bond donors (Lipinski definition) is 1. The summed E-state index contributed by atoms with van der Waals surface area (Å²) in [6.45, 7) is 1.95. The Morgan fingerprint density at radius 1 is 0.900 bits per heavy atom. The van der Waals surface area contributed by atoms with Crippen molar-refractivity contribution in [3.8, 4) is 0 Å². The van der Waals surface area contributed by atoms with E-state index in [1.54, 1.807) is 29.0 Å². The fourth-order valence-corrected chi connectivity index (χ4v) is 5.10. The highest BCUT2D eigenvalue weighted by molar-refractivity contribution is 7.90. The first-order chi connectivity index (χ1) is 14.4. The van der Waals surface area contributed by atoms with Gasteiger partial charge in [-0.05, 0) is 30.2 Å². The summed E-state index contributed by atoms with van der Waals surface area (Å²) in [4.78, 5) is 12.9. The Morgan fingerprint density at radius 2 is 1.57 bits per heavy atom. The van der Waals surface area contributed by atoms with Crippen LogP contribution in [0.25, 0.3) is 10.9 Å². The van der Waals surface area contributed by atoms with Crippen LogP contribution < -0.4 is 5.32 Å². The molecular formula is C24H22N2O3S. The first-order valence-electron chi connectivity index (χ1n) is 9.64. The van der Waals surface area contributed by atoms with E-state index in [1.165, 1.54) is 0 Å². The number of sulfone groups is 1. The fourth-order valence-electron chi connectivity index (χ4n) is 3.52. The second-order valence-electron chi connectivity index (χ2n) is 7.25. The average Bonchev–Trinajstić information content (AvgIpc) is 3.10. The van der Waals surface area contributed by atoms with Gasteiger partial charge < -0.3 is 9.88 Å². The number of benzene rings is 3. The number of hydrogen-bond acceptors (Lipinski definition) is 3. The lowest BCUT2D eigenvalue weighted by molar-refractivity contribution is -0.116. The number of nitrogens with one attached hydrogen (secondary N) is 1. The van der Waals surface area contributed by atoms with E-state index in [-0.39, 0.29) is 23.1 Å². The third-order valence-corrected chi connectivity index (χ3v) is 6.73. The molecule has 4 aromatic rings. The van der Waals surface area contributed by atoms with Gasteiger partial charge in [-0.15, -0.1) is 0 Å². The molecular weight excluding hydrogens is 396 g/mol. The fraction of sp³-hybridized carbons (Fsp3) is 0.125. The summed E-state index contributed by atoms with van der Waals surface area (Å²) >= 11 is 0. The summed E-state index contributed by atoms with van der Waals surface area (Å²) in [6, 6.07) is 23.9. The minimum atomic E-state index is -3.57. The van der Waals surface area contributed by atoms with Gasteiger partial charge in [-0.25, -0.2) is 8.42 Å². The number of para-hydroxylation sites is 2. The van der Waals surface area contributed by atoms with Gasteiger partial charge in [-0.3, -0.25) is 4.79 Å². The van der Waals surface area contributed by atoms with Crippen molar-refractivity contribution in [3.63, 3.8) is 0 Å². The third-order valence-electron chi connectivity index (χ3n) is 5.02. The number of amides is 1. The molecule has 0 unspecified atom stereocenters. The molecule has 1 heterocycles. The van der Waals surface area contributed by atoms with E-state index in [1.807, 2.05) is 67.6 Å². The Morgan fingerprint density at radius 3 is 2.33 bits per heavy atom. The highest BCUT2D eigenvalue weighted by Crippen LogP contribution is 2.28. The molecule has 0 aliphatic rings. The van der Waals surface area contributed by atoms with Gasteiger partial charge in [-0.2, -0.15) is 0 Å². The van der Waals surface area contributed by atoms with Crippen molar-refractivity contribution in [2.24, 2.45) is 0 Å². The zero-order chi connectivity index (χ0) is 21.1. The number of aryl methyl sites for hydroxylation is 1. The number of rotatable bonds is 6. The molecule has 0 aliphatic heterocycles. The van der Waals surface area contributed by atoms with Crippen molar-refractivity contribution >= 4 is 32.3 Å². The van der Waals surface area contributed by atoms with E-state index >= 15 is 0 Å². The minimum absolute atomic E-state index is 0.0235. The molecule has 0 spiro atoms. The summed E-state index contributed by atoms with van der Waals surface area (Å²) in [5.41, 5.74) is 3.15. The Bertz CT molecular complexity index is 1310. The van der Waals surface area contributed by atoms with E-state index in [4.69, 9.17) is 0 Å². The van der Waals surface area contributed by atoms with Gasteiger partial charge in [0, 0.05) is 22.8 Å².